The number of nitro groups is 1. The number of rotatable bonds is 12. The lowest BCUT2D eigenvalue weighted by molar-refractivity contribution is -0.384. The number of nitro benzene ring substituents is 1. The Kier molecular flexibility index (Phi) is 8.60. The molecule has 1 N–H and O–H groups in total. The highest BCUT2D eigenvalue weighted by Crippen LogP contribution is 2.30. The van der Waals surface area contributed by atoms with Crippen LogP contribution in [0.2, 0.25) is 0 Å². The average molecular weight is 453 g/mol. The maximum Gasteiger partial charge on any atom is 0.293 e. The Morgan fingerprint density at radius 1 is 1.06 bits per heavy atom. The first-order valence-corrected chi connectivity index (χ1v) is 11.0. The molecule has 0 aliphatic carbocycles. The molecule has 0 spiro atoms. The normalized spacial score (nSPS) is 11.4. The molecule has 2 aromatic carbocycles. The van der Waals surface area contributed by atoms with Gasteiger partial charge in [-0.15, -0.1) is 0 Å². The number of para-hydroxylation sites is 2. The van der Waals surface area contributed by atoms with Crippen molar-refractivity contribution in [3.8, 4) is 11.5 Å². The average Bonchev–Trinajstić information content (AvgIpc) is 2.73. The second-order valence-corrected chi connectivity index (χ2v) is 8.80. The van der Waals surface area contributed by atoms with Crippen LogP contribution in [-0.4, -0.2) is 72.7 Å². The summed E-state index contributed by atoms with van der Waals surface area (Å²) in [6.07, 6.45) is 0. The minimum Gasteiger partial charge on any atom is -0.493 e. The fraction of sp³-hybridized carbons (Fsp3) is 0.400. The van der Waals surface area contributed by atoms with Gasteiger partial charge in [-0.05, 0) is 38.4 Å². The van der Waals surface area contributed by atoms with Crippen molar-refractivity contribution < 1.29 is 22.8 Å². The van der Waals surface area contributed by atoms with E-state index in [1.807, 2.05) is 31.1 Å². The van der Waals surface area contributed by atoms with Crippen molar-refractivity contribution in [2.24, 2.45) is 0 Å². The Bertz CT molecular complexity index is 997. The third-order valence-corrected chi connectivity index (χ3v) is 5.93. The van der Waals surface area contributed by atoms with Crippen LogP contribution < -0.4 is 19.1 Å². The molecule has 0 bridgehead atoms. The molecule has 0 heterocycles. The van der Waals surface area contributed by atoms with Crippen LogP contribution in [0.4, 0.5) is 11.4 Å². The van der Waals surface area contributed by atoms with Crippen LogP contribution in [0.5, 0.6) is 11.5 Å². The van der Waals surface area contributed by atoms with E-state index in [-0.39, 0.29) is 23.7 Å². The Labute approximate surface area is 182 Å². The van der Waals surface area contributed by atoms with Gasteiger partial charge in [-0.25, -0.2) is 13.1 Å². The molecule has 0 radical (unpaired) electrons. The largest absolute Gasteiger partial charge is 0.493 e. The Morgan fingerprint density at radius 3 is 2.35 bits per heavy atom. The van der Waals surface area contributed by atoms with E-state index in [1.165, 1.54) is 12.1 Å². The van der Waals surface area contributed by atoms with E-state index in [4.69, 9.17) is 9.47 Å². The smallest absolute Gasteiger partial charge is 0.293 e. The molecule has 0 saturated heterocycles. The lowest BCUT2D eigenvalue weighted by Crippen LogP contribution is -2.31. The number of hydrogen-bond acceptors (Lipinski definition) is 8. The fourth-order valence-electron chi connectivity index (χ4n) is 2.78. The number of nitrogens with one attached hydrogen (secondary N) is 1. The first-order valence-electron chi connectivity index (χ1n) is 9.55. The minimum atomic E-state index is -3.85. The minimum absolute atomic E-state index is 0.152. The predicted molar refractivity (Wildman–Crippen MR) is 119 cm³/mol. The van der Waals surface area contributed by atoms with Crippen molar-refractivity contribution in [1.82, 2.24) is 9.62 Å². The number of sulfonamides is 1. The SMILES string of the molecule is COc1ccccc1OCCN(C)c1ccc(S(=O)(=O)NCCN(C)C)cc1[N+](=O)[O-]. The van der Waals surface area contributed by atoms with Gasteiger partial charge in [-0.1, -0.05) is 12.1 Å². The second-order valence-electron chi connectivity index (χ2n) is 7.03. The number of benzene rings is 2. The highest BCUT2D eigenvalue weighted by molar-refractivity contribution is 7.89. The summed E-state index contributed by atoms with van der Waals surface area (Å²) in [5, 5.41) is 11.6. The van der Waals surface area contributed by atoms with Gasteiger partial charge in [-0.3, -0.25) is 10.1 Å². The van der Waals surface area contributed by atoms with Crippen molar-refractivity contribution in [3.63, 3.8) is 0 Å². The summed E-state index contributed by atoms with van der Waals surface area (Å²) in [4.78, 5) is 14.3. The zero-order chi connectivity index (χ0) is 23.0. The summed E-state index contributed by atoms with van der Waals surface area (Å²) in [5.74, 6) is 1.16. The molecule has 11 heteroatoms. The van der Waals surface area contributed by atoms with Crippen molar-refractivity contribution >= 4 is 21.4 Å². The van der Waals surface area contributed by atoms with Crippen LogP contribution in [0, 0.1) is 10.1 Å². The summed E-state index contributed by atoms with van der Waals surface area (Å²) in [5.41, 5.74) is -0.00357. The molecule has 10 nitrogen and oxygen atoms in total. The van der Waals surface area contributed by atoms with Crippen molar-refractivity contribution in [2.45, 2.75) is 4.90 Å². The molecule has 2 rings (SSSR count). The summed E-state index contributed by atoms with van der Waals surface area (Å²) in [7, 11) is 3.01. The number of methoxy groups -OCH3 is 1. The second kappa shape index (κ2) is 10.9. The first kappa shape index (κ1) is 24.4. The molecule has 0 unspecified atom stereocenters. The first-order chi connectivity index (χ1) is 14.7. The molecule has 0 aliphatic rings. The zero-order valence-corrected chi connectivity index (χ0v) is 18.9. The van der Waals surface area contributed by atoms with Crippen molar-refractivity contribution in [2.75, 3.05) is 59.4 Å². The zero-order valence-electron chi connectivity index (χ0n) is 18.1. The Hall–Kier alpha value is -2.89. The maximum atomic E-state index is 12.5. The van der Waals surface area contributed by atoms with Gasteiger partial charge in [0.05, 0.1) is 23.5 Å². The van der Waals surface area contributed by atoms with Gasteiger partial charge in [0.15, 0.2) is 11.5 Å². The quantitative estimate of drug-likeness (QED) is 0.384. The topological polar surface area (TPSA) is 114 Å². The molecule has 31 heavy (non-hydrogen) atoms. The van der Waals surface area contributed by atoms with E-state index >= 15 is 0 Å². The monoisotopic (exact) mass is 452 g/mol. The van der Waals surface area contributed by atoms with Crippen LogP contribution in [0.3, 0.4) is 0 Å². The summed E-state index contributed by atoms with van der Waals surface area (Å²) in [6.45, 7) is 1.30. The Morgan fingerprint density at radius 2 is 1.74 bits per heavy atom. The molecule has 2 aromatic rings. The molecular weight excluding hydrogens is 424 g/mol. The predicted octanol–water partition coefficient (Wildman–Crippen LogP) is 1.96. The number of nitrogens with zero attached hydrogens (tertiary/aromatic N) is 3. The van der Waals surface area contributed by atoms with Gasteiger partial charge in [0.25, 0.3) is 5.69 Å². The molecule has 0 atom stereocenters. The molecule has 0 aromatic heterocycles. The molecule has 0 saturated carbocycles. The maximum absolute atomic E-state index is 12.5. The lowest BCUT2D eigenvalue weighted by Gasteiger charge is -2.20. The number of likely N-dealkylation sites (N-methyl/N-ethyl adjacent to an activating group) is 2. The lowest BCUT2D eigenvalue weighted by atomic mass is 10.2. The molecule has 0 aliphatic heterocycles. The molecule has 0 amide bonds. The van der Waals surface area contributed by atoms with E-state index in [9.17, 15) is 18.5 Å². The third-order valence-electron chi connectivity index (χ3n) is 4.47. The van der Waals surface area contributed by atoms with Gasteiger partial charge in [0.2, 0.25) is 10.0 Å². The van der Waals surface area contributed by atoms with Gasteiger partial charge < -0.3 is 19.3 Å². The van der Waals surface area contributed by atoms with Crippen LogP contribution in [0.1, 0.15) is 0 Å². The molecule has 170 valence electrons. The number of ether oxygens (including phenoxy) is 2. The highest BCUT2D eigenvalue weighted by atomic mass is 32.2. The van der Waals surface area contributed by atoms with Gasteiger partial charge in [0, 0.05) is 26.2 Å². The molecule has 0 fully saturated rings. The van der Waals surface area contributed by atoms with Gasteiger partial charge >= 0.3 is 0 Å². The number of anilines is 1. The number of hydrogen-bond donors (Lipinski definition) is 1. The van der Waals surface area contributed by atoms with Crippen molar-refractivity contribution in [1.29, 1.82) is 0 Å². The summed E-state index contributed by atoms with van der Waals surface area (Å²) in [6, 6.07) is 11.1. The standard InChI is InChI=1S/C20H28N4O6S/c1-22(2)12-11-21-31(27,28)16-9-10-17(18(15-16)24(25)26)23(3)13-14-30-20-8-6-5-7-19(20)29-4/h5-10,15,21H,11-14H2,1-4H3. The Balaban J connectivity index is 2.12. The van der Waals surface area contributed by atoms with E-state index in [1.54, 1.807) is 31.2 Å². The summed E-state index contributed by atoms with van der Waals surface area (Å²) < 4.78 is 38.3. The van der Waals surface area contributed by atoms with Crippen LogP contribution in [-0.2, 0) is 10.0 Å². The van der Waals surface area contributed by atoms with Crippen LogP contribution in [0.25, 0.3) is 0 Å². The molecular formula is C20H28N4O6S. The fourth-order valence-corrected chi connectivity index (χ4v) is 3.82. The van der Waals surface area contributed by atoms with Crippen LogP contribution >= 0.6 is 0 Å². The van der Waals surface area contributed by atoms with E-state index < -0.39 is 14.9 Å². The van der Waals surface area contributed by atoms with Crippen molar-refractivity contribution in [3.05, 3.63) is 52.6 Å². The third kappa shape index (κ3) is 6.81. The highest BCUT2D eigenvalue weighted by Gasteiger charge is 2.23. The van der Waals surface area contributed by atoms with Crippen LogP contribution in [0.15, 0.2) is 47.4 Å². The summed E-state index contributed by atoms with van der Waals surface area (Å²) >= 11 is 0. The van der Waals surface area contributed by atoms with E-state index in [0.717, 1.165) is 6.07 Å². The van der Waals surface area contributed by atoms with E-state index in [2.05, 4.69) is 4.72 Å². The van der Waals surface area contributed by atoms with Gasteiger partial charge in [-0.2, -0.15) is 0 Å². The van der Waals surface area contributed by atoms with Gasteiger partial charge in [0.1, 0.15) is 12.3 Å². The van der Waals surface area contributed by atoms with E-state index in [0.29, 0.717) is 30.3 Å².